The van der Waals surface area contributed by atoms with Gasteiger partial charge in [-0.1, -0.05) is 45.8 Å². The van der Waals surface area contributed by atoms with E-state index in [1.54, 1.807) is 11.1 Å². The van der Waals surface area contributed by atoms with E-state index in [0.717, 1.165) is 0 Å². The molecule has 1 aliphatic rings. The van der Waals surface area contributed by atoms with E-state index in [9.17, 15) is 0 Å². The van der Waals surface area contributed by atoms with E-state index >= 15 is 0 Å². The van der Waals surface area contributed by atoms with Crippen molar-refractivity contribution in [1.82, 2.24) is 0 Å². The van der Waals surface area contributed by atoms with Crippen LogP contribution in [-0.2, 0) is 0 Å². The molecule has 0 aromatic heterocycles. The zero-order valence-electron chi connectivity index (χ0n) is 9.52. The first-order valence-corrected chi connectivity index (χ1v) is 5.72. The number of thiol groups is 1. The van der Waals surface area contributed by atoms with Crippen LogP contribution in [0.25, 0.3) is 0 Å². The van der Waals surface area contributed by atoms with Crippen LogP contribution in [0.3, 0.4) is 0 Å². The summed E-state index contributed by atoms with van der Waals surface area (Å²) in [7, 11) is 0. The van der Waals surface area contributed by atoms with Crippen LogP contribution >= 0.6 is 12.6 Å². The minimum absolute atomic E-state index is 0.221. The summed E-state index contributed by atoms with van der Waals surface area (Å²) in [5.41, 5.74) is 3.32. The second-order valence-electron chi connectivity index (χ2n) is 5.21. The van der Waals surface area contributed by atoms with Crippen LogP contribution in [0.15, 0.2) is 11.1 Å². The molecule has 1 heteroatoms. The Morgan fingerprint density at radius 1 is 1.00 bits per heavy atom. The average molecular weight is 198 g/mol. The first-order valence-electron chi connectivity index (χ1n) is 5.27. The molecule has 0 spiro atoms. The van der Waals surface area contributed by atoms with Gasteiger partial charge in [-0.25, -0.2) is 0 Å². The van der Waals surface area contributed by atoms with E-state index in [0.29, 0.717) is 11.8 Å². The van der Waals surface area contributed by atoms with Gasteiger partial charge in [0, 0.05) is 4.75 Å². The molecule has 0 atom stereocenters. The predicted molar refractivity (Wildman–Crippen MR) is 63.3 cm³/mol. The summed E-state index contributed by atoms with van der Waals surface area (Å²) in [6.45, 7) is 11.5. The molecule has 0 radical (unpaired) electrons. The average Bonchev–Trinajstić information content (AvgIpc) is 2.26. The van der Waals surface area contributed by atoms with Crippen molar-refractivity contribution in [3.63, 3.8) is 0 Å². The van der Waals surface area contributed by atoms with E-state index < -0.39 is 0 Å². The zero-order chi connectivity index (χ0) is 10.2. The molecule has 0 fully saturated rings. The van der Waals surface area contributed by atoms with Crippen molar-refractivity contribution in [3.05, 3.63) is 11.1 Å². The molecule has 0 aliphatic heterocycles. The highest BCUT2D eigenvalue weighted by Crippen LogP contribution is 2.44. The maximum Gasteiger partial charge on any atom is 0.0176 e. The first-order chi connectivity index (χ1) is 5.83. The molecule has 0 heterocycles. The molecule has 0 nitrogen and oxygen atoms in total. The van der Waals surface area contributed by atoms with Crippen molar-refractivity contribution in [2.75, 3.05) is 0 Å². The zero-order valence-corrected chi connectivity index (χ0v) is 10.4. The monoisotopic (exact) mass is 198 g/mol. The Kier molecular flexibility index (Phi) is 3.16. The highest BCUT2D eigenvalue weighted by Gasteiger charge is 2.33. The summed E-state index contributed by atoms with van der Waals surface area (Å²) >= 11 is 4.72. The second-order valence-corrected chi connectivity index (χ2v) is 6.29. The molecule has 76 valence electrons. The van der Waals surface area contributed by atoms with Gasteiger partial charge in [-0.3, -0.25) is 0 Å². The van der Waals surface area contributed by atoms with E-state index in [2.05, 4.69) is 34.6 Å². The molecule has 0 bridgehead atoms. The van der Waals surface area contributed by atoms with Gasteiger partial charge < -0.3 is 0 Å². The number of hydrogen-bond donors (Lipinski definition) is 1. The van der Waals surface area contributed by atoms with Gasteiger partial charge in [0.15, 0.2) is 0 Å². The molecule has 13 heavy (non-hydrogen) atoms. The Hall–Kier alpha value is 0.0900. The van der Waals surface area contributed by atoms with Gasteiger partial charge in [-0.2, -0.15) is 12.6 Å². The quantitative estimate of drug-likeness (QED) is 0.502. The molecule has 0 aromatic carbocycles. The molecule has 0 amide bonds. The minimum atomic E-state index is 0.221. The maximum atomic E-state index is 4.72. The molecule has 0 aromatic rings. The molecule has 0 N–H and O–H groups in total. The van der Waals surface area contributed by atoms with Crippen LogP contribution in [0.2, 0.25) is 0 Å². The summed E-state index contributed by atoms with van der Waals surface area (Å²) in [5.74, 6) is 1.40. The fourth-order valence-electron chi connectivity index (χ4n) is 2.26. The second kappa shape index (κ2) is 3.68. The lowest BCUT2D eigenvalue weighted by Gasteiger charge is -2.17. The molecule has 1 aliphatic carbocycles. The van der Waals surface area contributed by atoms with Crippen molar-refractivity contribution >= 4 is 12.6 Å². The van der Waals surface area contributed by atoms with E-state index in [1.165, 1.54) is 12.8 Å². The van der Waals surface area contributed by atoms with Crippen LogP contribution in [0.1, 0.15) is 47.5 Å². The van der Waals surface area contributed by atoms with Crippen molar-refractivity contribution in [1.29, 1.82) is 0 Å². The van der Waals surface area contributed by atoms with Gasteiger partial charge in [0.1, 0.15) is 0 Å². The highest BCUT2D eigenvalue weighted by molar-refractivity contribution is 7.81. The lowest BCUT2D eigenvalue weighted by molar-refractivity contribution is 0.637. The van der Waals surface area contributed by atoms with Gasteiger partial charge >= 0.3 is 0 Å². The summed E-state index contributed by atoms with van der Waals surface area (Å²) < 4.78 is 0.221. The van der Waals surface area contributed by atoms with Crippen LogP contribution in [0.5, 0.6) is 0 Å². The van der Waals surface area contributed by atoms with E-state index in [4.69, 9.17) is 12.6 Å². The topological polar surface area (TPSA) is 0 Å². The largest absolute Gasteiger partial charge is 0.172 e. The molecule has 0 saturated heterocycles. The summed E-state index contributed by atoms with van der Waals surface area (Å²) in [4.78, 5) is 0. The van der Waals surface area contributed by atoms with E-state index in [1.807, 2.05) is 0 Å². The lowest BCUT2D eigenvalue weighted by Crippen LogP contribution is -2.12. The predicted octanol–water partition coefficient (Wildman–Crippen LogP) is 4.08. The Morgan fingerprint density at radius 3 is 1.54 bits per heavy atom. The number of hydrogen-bond acceptors (Lipinski definition) is 1. The van der Waals surface area contributed by atoms with E-state index in [-0.39, 0.29) is 4.75 Å². The van der Waals surface area contributed by atoms with Gasteiger partial charge in [-0.15, -0.1) is 0 Å². The fourth-order valence-corrected chi connectivity index (χ4v) is 2.60. The third-order valence-electron chi connectivity index (χ3n) is 2.95. The van der Waals surface area contributed by atoms with Crippen LogP contribution in [-0.4, -0.2) is 4.75 Å². The van der Waals surface area contributed by atoms with Crippen molar-refractivity contribution < 1.29 is 0 Å². The standard InChI is InChI=1S/C12H22S/c1-8(2)10-6-12(5,13)7-11(10)9(3)4/h8-9,13H,6-7H2,1-5H3. The molecular formula is C12H22S. The molecule has 0 unspecified atom stereocenters. The third-order valence-corrected chi connectivity index (χ3v) is 3.27. The van der Waals surface area contributed by atoms with Crippen LogP contribution < -0.4 is 0 Å². The fraction of sp³-hybridized carbons (Fsp3) is 0.833. The van der Waals surface area contributed by atoms with Crippen molar-refractivity contribution in [2.45, 2.75) is 52.2 Å². The van der Waals surface area contributed by atoms with Gasteiger partial charge in [0.05, 0.1) is 0 Å². The SMILES string of the molecule is CC(C)C1=C(C(C)C)CC(C)(S)C1. The Labute approximate surface area is 88.2 Å². The number of allylic oxidation sites excluding steroid dienone is 2. The highest BCUT2D eigenvalue weighted by atomic mass is 32.1. The third kappa shape index (κ3) is 2.52. The Bertz CT molecular complexity index is 199. The summed E-state index contributed by atoms with van der Waals surface area (Å²) in [6, 6.07) is 0. The van der Waals surface area contributed by atoms with Crippen molar-refractivity contribution in [2.24, 2.45) is 11.8 Å². The lowest BCUT2D eigenvalue weighted by atomic mass is 9.93. The van der Waals surface area contributed by atoms with Crippen molar-refractivity contribution in [3.8, 4) is 0 Å². The summed E-state index contributed by atoms with van der Waals surface area (Å²) in [5, 5.41) is 0. The Morgan fingerprint density at radius 2 is 1.31 bits per heavy atom. The molecule has 0 saturated carbocycles. The van der Waals surface area contributed by atoms with Crippen LogP contribution in [0, 0.1) is 11.8 Å². The number of rotatable bonds is 2. The smallest absolute Gasteiger partial charge is 0.0176 e. The van der Waals surface area contributed by atoms with Crippen LogP contribution in [0.4, 0.5) is 0 Å². The normalized spacial score (nSPS) is 22.2. The molecular weight excluding hydrogens is 176 g/mol. The van der Waals surface area contributed by atoms with Gasteiger partial charge in [-0.05, 0) is 24.7 Å². The Balaban J connectivity index is 2.90. The first kappa shape index (κ1) is 11.2. The summed E-state index contributed by atoms with van der Waals surface area (Å²) in [6.07, 6.45) is 2.36. The maximum absolute atomic E-state index is 4.72. The minimum Gasteiger partial charge on any atom is -0.172 e. The molecule has 1 rings (SSSR count). The van der Waals surface area contributed by atoms with Gasteiger partial charge in [0.25, 0.3) is 0 Å². The van der Waals surface area contributed by atoms with Gasteiger partial charge in [0.2, 0.25) is 0 Å².